The van der Waals surface area contributed by atoms with Crippen molar-refractivity contribution in [3.63, 3.8) is 0 Å². The van der Waals surface area contributed by atoms with Crippen LogP contribution in [-0.4, -0.2) is 36.8 Å². The summed E-state index contributed by atoms with van der Waals surface area (Å²) >= 11 is 0.592. The molecule has 26 heavy (non-hydrogen) atoms. The molecule has 1 aliphatic rings. The van der Waals surface area contributed by atoms with Crippen LogP contribution in [0.4, 0.5) is 8.78 Å². The fourth-order valence-electron chi connectivity index (χ4n) is 3.35. The molecule has 0 spiro atoms. The molecule has 0 amide bonds. The molecule has 3 rings (SSSR count). The van der Waals surface area contributed by atoms with E-state index >= 15 is 0 Å². The summed E-state index contributed by atoms with van der Waals surface area (Å²) in [6.07, 6.45) is 2.32. The van der Waals surface area contributed by atoms with Crippen LogP contribution in [0.1, 0.15) is 23.5 Å². The third kappa shape index (κ3) is 6.41. The van der Waals surface area contributed by atoms with Crippen molar-refractivity contribution in [3.05, 3.63) is 59.5 Å². The van der Waals surface area contributed by atoms with Gasteiger partial charge in [-0.3, -0.25) is 0 Å². The quantitative estimate of drug-likeness (QED) is 0.662. The van der Waals surface area contributed by atoms with E-state index in [0.717, 1.165) is 38.4 Å². The number of likely N-dealkylation sites (tertiary alicyclic amines) is 1. The second kappa shape index (κ2) is 10.1. The first kappa shape index (κ1) is 19.4. The van der Waals surface area contributed by atoms with Crippen LogP contribution in [0.2, 0.25) is 0 Å². The highest BCUT2D eigenvalue weighted by Gasteiger charge is 2.21. The van der Waals surface area contributed by atoms with Crippen LogP contribution in [0.5, 0.6) is 0 Å². The minimum Gasteiger partial charge on any atom is -0.464 e. The SMILES string of the molecule is FC(F)SCc1ccc(CNCC2CCN(CCc3ccccc3)C2)o1. The summed E-state index contributed by atoms with van der Waals surface area (Å²) in [7, 11) is 0. The summed E-state index contributed by atoms with van der Waals surface area (Å²) in [5, 5.41) is 3.44. The molecule has 1 N–H and O–H groups in total. The standard InChI is InChI=1S/C20H26F2N2OS/c21-20(22)26-15-19-7-6-18(25-19)13-23-12-17-9-11-24(14-17)10-8-16-4-2-1-3-5-16/h1-7,17,20,23H,8-15H2. The summed E-state index contributed by atoms with van der Waals surface area (Å²) in [5.74, 6) is -0.0475. The Labute approximate surface area is 158 Å². The van der Waals surface area contributed by atoms with Gasteiger partial charge in [-0.05, 0) is 49.5 Å². The van der Waals surface area contributed by atoms with E-state index in [-0.39, 0.29) is 5.75 Å². The van der Waals surface area contributed by atoms with Crippen LogP contribution in [0.3, 0.4) is 0 Å². The van der Waals surface area contributed by atoms with Gasteiger partial charge in [-0.1, -0.05) is 42.1 Å². The molecule has 6 heteroatoms. The lowest BCUT2D eigenvalue weighted by molar-refractivity contribution is 0.251. The van der Waals surface area contributed by atoms with Gasteiger partial charge in [0, 0.05) is 13.1 Å². The Morgan fingerprint density at radius 2 is 1.96 bits per heavy atom. The Morgan fingerprint density at radius 1 is 1.15 bits per heavy atom. The molecule has 1 atom stereocenters. The van der Waals surface area contributed by atoms with Gasteiger partial charge < -0.3 is 14.6 Å². The molecule has 0 radical (unpaired) electrons. The maximum absolute atomic E-state index is 12.2. The van der Waals surface area contributed by atoms with E-state index in [1.165, 1.54) is 12.0 Å². The highest BCUT2D eigenvalue weighted by Crippen LogP contribution is 2.21. The third-order valence-corrected chi connectivity index (χ3v) is 5.43. The number of benzene rings is 1. The van der Waals surface area contributed by atoms with Crippen LogP contribution >= 0.6 is 11.8 Å². The number of halogens is 2. The number of hydrogen-bond acceptors (Lipinski definition) is 4. The lowest BCUT2D eigenvalue weighted by Gasteiger charge is -2.16. The van der Waals surface area contributed by atoms with E-state index in [0.29, 0.717) is 30.0 Å². The number of nitrogens with zero attached hydrogens (tertiary/aromatic N) is 1. The van der Waals surface area contributed by atoms with Crippen LogP contribution < -0.4 is 5.32 Å². The molecule has 0 aliphatic carbocycles. The van der Waals surface area contributed by atoms with Crippen molar-refractivity contribution < 1.29 is 13.2 Å². The molecule has 1 aromatic heterocycles. The summed E-state index contributed by atoms with van der Waals surface area (Å²) in [4.78, 5) is 2.53. The second-order valence-electron chi connectivity index (χ2n) is 6.76. The fraction of sp³-hybridized carbons (Fsp3) is 0.500. The summed E-state index contributed by atoms with van der Waals surface area (Å²) < 4.78 is 30.0. The van der Waals surface area contributed by atoms with Gasteiger partial charge in [0.1, 0.15) is 11.5 Å². The molecule has 1 fully saturated rings. The molecule has 142 valence electrons. The van der Waals surface area contributed by atoms with Gasteiger partial charge in [0.05, 0.1) is 12.3 Å². The van der Waals surface area contributed by atoms with Gasteiger partial charge in [-0.2, -0.15) is 8.78 Å². The van der Waals surface area contributed by atoms with E-state index in [2.05, 4.69) is 40.5 Å². The monoisotopic (exact) mass is 380 g/mol. The molecular weight excluding hydrogens is 354 g/mol. The summed E-state index contributed by atoms with van der Waals surface area (Å²) in [5.41, 5.74) is 1.40. The maximum Gasteiger partial charge on any atom is 0.284 e. The van der Waals surface area contributed by atoms with Crippen molar-refractivity contribution in [3.8, 4) is 0 Å². The number of nitrogens with one attached hydrogen (secondary N) is 1. The number of hydrogen-bond donors (Lipinski definition) is 1. The fourth-order valence-corrected chi connectivity index (χ4v) is 3.80. The lowest BCUT2D eigenvalue weighted by atomic mass is 10.1. The Kier molecular flexibility index (Phi) is 7.53. The molecule has 2 heterocycles. The van der Waals surface area contributed by atoms with Gasteiger partial charge in [0.15, 0.2) is 0 Å². The topological polar surface area (TPSA) is 28.4 Å². The van der Waals surface area contributed by atoms with E-state index in [1.807, 2.05) is 6.07 Å². The zero-order valence-corrected chi connectivity index (χ0v) is 15.7. The summed E-state index contributed by atoms with van der Waals surface area (Å²) in [6.45, 7) is 5.02. The van der Waals surface area contributed by atoms with Crippen LogP contribution in [0.15, 0.2) is 46.9 Å². The maximum atomic E-state index is 12.2. The largest absolute Gasteiger partial charge is 0.464 e. The minimum atomic E-state index is -2.35. The number of thioether (sulfide) groups is 1. The Morgan fingerprint density at radius 3 is 2.77 bits per heavy atom. The smallest absolute Gasteiger partial charge is 0.284 e. The van der Waals surface area contributed by atoms with Crippen molar-refractivity contribution in [2.75, 3.05) is 26.2 Å². The molecule has 3 nitrogen and oxygen atoms in total. The van der Waals surface area contributed by atoms with E-state index in [1.54, 1.807) is 6.07 Å². The lowest BCUT2D eigenvalue weighted by Crippen LogP contribution is -2.27. The van der Waals surface area contributed by atoms with Gasteiger partial charge in [-0.15, -0.1) is 0 Å². The first-order valence-electron chi connectivity index (χ1n) is 9.13. The molecule has 1 aliphatic heterocycles. The molecule has 1 saturated heterocycles. The van der Waals surface area contributed by atoms with Crippen molar-refractivity contribution in [2.24, 2.45) is 5.92 Å². The zero-order chi connectivity index (χ0) is 18.2. The molecule has 0 bridgehead atoms. The van der Waals surface area contributed by atoms with Gasteiger partial charge >= 0.3 is 0 Å². The second-order valence-corrected chi connectivity index (χ2v) is 7.74. The number of alkyl halides is 2. The molecule has 2 aromatic rings. The minimum absolute atomic E-state index is 0.219. The summed E-state index contributed by atoms with van der Waals surface area (Å²) in [6, 6.07) is 14.3. The van der Waals surface area contributed by atoms with Crippen LogP contribution in [0, 0.1) is 5.92 Å². The highest BCUT2D eigenvalue weighted by molar-refractivity contribution is 7.98. The van der Waals surface area contributed by atoms with Crippen molar-refractivity contribution >= 4 is 11.8 Å². The van der Waals surface area contributed by atoms with E-state index < -0.39 is 5.76 Å². The molecular formula is C20H26F2N2OS. The van der Waals surface area contributed by atoms with E-state index in [9.17, 15) is 8.78 Å². The number of rotatable bonds is 10. The Balaban J connectivity index is 1.31. The van der Waals surface area contributed by atoms with Crippen molar-refractivity contribution in [2.45, 2.75) is 30.9 Å². The van der Waals surface area contributed by atoms with Gasteiger partial charge in [0.2, 0.25) is 0 Å². The molecule has 1 aromatic carbocycles. The molecule has 1 unspecified atom stereocenters. The first-order valence-corrected chi connectivity index (χ1v) is 10.2. The van der Waals surface area contributed by atoms with Gasteiger partial charge in [0.25, 0.3) is 5.76 Å². The predicted octanol–water partition coefficient (Wildman–Crippen LogP) is 4.39. The zero-order valence-electron chi connectivity index (χ0n) is 14.9. The van der Waals surface area contributed by atoms with Crippen LogP contribution in [-0.2, 0) is 18.7 Å². The average molecular weight is 381 g/mol. The number of furan rings is 1. The Hall–Kier alpha value is -1.37. The van der Waals surface area contributed by atoms with Crippen molar-refractivity contribution in [1.82, 2.24) is 10.2 Å². The van der Waals surface area contributed by atoms with Crippen LogP contribution in [0.25, 0.3) is 0 Å². The van der Waals surface area contributed by atoms with Gasteiger partial charge in [-0.25, -0.2) is 0 Å². The normalized spacial score (nSPS) is 18.0. The first-order chi connectivity index (χ1) is 12.7. The highest BCUT2D eigenvalue weighted by atomic mass is 32.2. The molecule has 0 saturated carbocycles. The Bertz CT molecular complexity index is 650. The van der Waals surface area contributed by atoms with E-state index in [4.69, 9.17) is 4.42 Å². The average Bonchev–Trinajstić information content (AvgIpc) is 3.29. The third-order valence-electron chi connectivity index (χ3n) is 4.73. The van der Waals surface area contributed by atoms with Crippen molar-refractivity contribution in [1.29, 1.82) is 0 Å². The predicted molar refractivity (Wildman–Crippen MR) is 102 cm³/mol.